The summed E-state index contributed by atoms with van der Waals surface area (Å²) >= 11 is 0. The highest BCUT2D eigenvalue weighted by molar-refractivity contribution is 6.00. The van der Waals surface area contributed by atoms with Gasteiger partial charge in [-0.05, 0) is 148 Å². The van der Waals surface area contributed by atoms with E-state index in [4.69, 9.17) is 11.5 Å². The second kappa shape index (κ2) is 35.5. The lowest BCUT2D eigenvalue weighted by Gasteiger charge is -2.32. The van der Waals surface area contributed by atoms with Crippen molar-refractivity contribution in [3.63, 3.8) is 0 Å². The molecule has 4 aromatic carbocycles. The summed E-state index contributed by atoms with van der Waals surface area (Å²) in [6.07, 6.45) is -8.61. The van der Waals surface area contributed by atoms with Crippen LogP contribution in [0.2, 0.25) is 0 Å². The molecule has 98 heavy (non-hydrogen) atoms. The van der Waals surface area contributed by atoms with Crippen molar-refractivity contribution in [1.82, 2.24) is 52.3 Å². The minimum absolute atomic E-state index is 0.0114. The number of fused-ring (bicyclic) bond motifs is 2. The van der Waals surface area contributed by atoms with Crippen molar-refractivity contribution in [2.45, 2.75) is 190 Å². The molecule has 10 amide bonds. The van der Waals surface area contributed by atoms with E-state index in [2.05, 4.69) is 42.5 Å². The van der Waals surface area contributed by atoms with E-state index in [1.165, 1.54) is 9.80 Å². The second-order valence-corrected chi connectivity index (χ2v) is 26.1. The first kappa shape index (κ1) is 76.4. The Balaban J connectivity index is 1.35. The number of nitrogens with one attached hydrogen (secondary N) is 8. The van der Waals surface area contributed by atoms with Gasteiger partial charge in [0.1, 0.15) is 60.4 Å². The molecule has 0 aromatic heterocycles. The van der Waals surface area contributed by atoms with Gasteiger partial charge in [0.25, 0.3) is 0 Å². The predicted molar refractivity (Wildman–Crippen MR) is 351 cm³/mol. The lowest BCUT2D eigenvalue weighted by atomic mass is 9.99. The molecule has 0 spiro atoms. The van der Waals surface area contributed by atoms with Crippen molar-refractivity contribution in [2.24, 2.45) is 23.3 Å². The third kappa shape index (κ3) is 21.5. The Hall–Kier alpha value is -8.92. The summed E-state index contributed by atoms with van der Waals surface area (Å²) < 4.78 is 84.3. The molecule has 0 saturated carbocycles. The topological polar surface area (TPSA) is 325 Å². The van der Waals surface area contributed by atoms with Crippen LogP contribution >= 0.6 is 0 Å². The molecule has 7 rings (SSSR count). The fraction of sp³-hybridized carbons (Fsp3) is 0.514. The summed E-state index contributed by atoms with van der Waals surface area (Å²) in [6, 6.07) is 8.76. The van der Waals surface area contributed by atoms with Crippen LogP contribution in [-0.2, 0) is 73.1 Å². The number of nitrogens with two attached hydrogens (primary N) is 2. The number of nitrogens with zero attached hydrogens (tertiary/aromatic N) is 2. The zero-order valence-corrected chi connectivity index (χ0v) is 55.4. The molecule has 3 saturated heterocycles. The quantitative estimate of drug-likeness (QED) is 0.0438. The molecule has 0 bridgehead atoms. The number of hydrogen-bond donors (Lipinski definition) is 10. The number of rotatable bonds is 18. The molecule has 3 heterocycles. The Bertz CT molecular complexity index is 3160. The van der Waals surface area contributed by atoms with E-state index in [0.29, 0.717) is 48.2 Å². The number of benzene rings is 4. The molecule has 3 aliphatic heterocycles. The highest BCUT2D eigenvalue weighted by Gasteiger charge is 2.44. The van der Waals surface area contributed by atoms with Crippen molar-refractivity contribution in [3.8, 4) is 0 Å². The van der Waals surface area contributed by atoms with Gasteiger partial charge in [0, 0.05) is 25.9 Å². The summed E-state index contributed by atoms with van der Waals surface area (Å²) in [5.41, 5.74) is 10.4. The highest BCUT2D eigenvalue weighted by Crippen LogP contribution is 2.33. The first-order valence-electron chi connectivity index (χ1n) is 33.4. The normalized spacial score (nSPS) is 24.3. The highest BCUT2D eigenvalue weighted by atomic mass is 19.4. The van der Waals surface area contributed by atoms with Crippen LogP contribution in [0.25, 0.3) is 0 Å². The lowest BCUT2D eigenvalue weighted by Crippen LogP contribution is -2.60. The summed E-state index contributed by atoms with van der Waals surface area (Å²) in [7, 11) is 0. The first-order valence-corrected chi connectivity index (χ1v) is 33.4. The van der Waals surface area contributed by atoms with Crippen LogP contribution in [-0.4, -0.2) is 143 Å². The smallest absolute Gasteiger partial charge is 0.343 e. The van der Waals surface area contributed by atoms with Crippen molar-refractivity contribution in [1.29, 1.82) is 0 Å². The number of alkyl halides is 6. The van der Waals surface area contributed by atoms with E-state index < -0.39 is 143 Å². The number of amides is 10. The molecule has 0 radical (unpaired) electrons. The minimum Gasteiger partial charge on any atom is -0.343 e. The Morgan fingerprint density at radius 1 is 0.398 bits per heavy atom. The van der Waals surface area contributed by atoms with Crippen molar-refractivity contribution in [2.75, 3.05) is 26.2 Å². The number of carbonyl (C=O) groups is 10. The molecule has 12 N–H and O–H groups in total. The third-order valence-electron chi connectivity index (χ3n) is 17.6. The third-order valence-corrected chi connectivity index (χ3v) is 17.6. The molecule has 10 atom stereocenters. The molecule has 0 unspecified atom stereocenters. The fourth-order valence-corrected chi connectivity index (χ4v) is 12.4. The van der Waals surface area contributed by atoms with Crippen molar-refractivity contribution < 1.29 is 74.3 Å². The molecule has 4 aromatic rings. The van der Waals surface area contributed by atoms with Gasteiger partial charge in [0.2, 0.25) is 59.1 Å². The summed E-state index contributed by atoms with van der Waals surface area (Å²) in [5, 5.41) is 21.7. The zero-order valence-electron chi connectivity index (χ0n) is 55.4. The maximum atomic E-state index is 15.2. The molecular weight excluding hydrogens is 1280 g/mol. The van der Waals surface area contributed by atoms with Crippen LogP contribution in [0.15, 0.2) is 109 Å². The van der Waals surface area contributed by atoms with Crippen LogP contribution in [0.4, 0.5) is 26.3 Å². The molecule has 3 aliphatic rings. The van der Waals surface area contributed by atoms with E-state index in [0.717, 1.165) is 24.3 Å². The zero-order chi connectivity index (χ0) is 71.4. The maximum absolute atomic E-state index is 15.2. The molecule has 532 valence electrons. The molecule has 3 fully saturated rings. The lowest BCUT2D eigenvalue weighted by molar-refractivity contribution is -0.143. The van der Waals surface area contributed by atoms with Gasteiger partial charge in [-0.2, -0.15) is 26.3 Å². The SMILES string of the molecule is CC(C)C[C@@H]1NC(=O)[C@H](CCCCN)NC(=O)[C@H](c2ccc(C(F)(F)F)cc2)NC(=O)[C@@H]2CCCN2C(=O)[C@@H](Cc2ccccc2)NC(=O)[C@H](CC(C)C)NC(=O)[C@H](CCCCN)NC(=O)[C@H](c2ccc(C(F)(F)F)cc2)NC(=O)[C@@H]2CCCN2C(=O)[C@@H](Cc2ccccc2)NC1=O. The fourth-order valence-electron chi connectivity index (χ4n) is 12.4. The molecule has 0 aliphatic carbocycles. The maximum Gasteiger partial charge on any atom is 0.416 e. The first-order chi connectivity index (χ1) is 46.6. The van der Waals surface area contributed by atoms with E-state index in [1.807, 2.05) is 0 Å². The predicted octanol–water partition coefficient (Wildman–Crippen LogP) is 5.48. The monoisotopic (exact) mass is 1370 g/mol. The number of halogens is 6. The summed E-state index contributed by atoms with van der Waals surface area (Å²) in [6.45, 7) is 7.27. The Labute approximate surface area is 566 Å². The van der Waals surface area contributed by atoms with Crippen LogP contribution in [0, 0.1) is 11.8 Å². The van der Waals surface area contributed by atoms with Gasteiger partial charge >= 0.3 is 12.4 Å². The van der Waals surface area contributed by atoms with Gasteiger partial charge in [-0.1, -0.05) is 113 Å². The molecule has 22 nitrogen and oxygen atoms in total. The van der Waals surface area contributed by atoms with Crippen molar-refractivity contribution in [3.05, 3.63) is 143 Å². The number of hydrogen-bond acceptors (Lipinski definition) is 12. The largest absolute Gasteiger partial charge is 0.416 e. The van der Waals surface area contributed by atoms with Crippen LogP contribution in [0.3, 0.4) is 0 Å². The van der Waals surface area contributed by atoms with Crippen LogP contribution in [0.1, 0.15) is 150 Å². The van der Waals surface area contributed by atoms with Crippen molar-refractivity contribution >= 4 is 59.1 Å². The van der Waals surface area contributed by atoms with Gasteiger partial charge < -0.3 is 63.8 Å². The second-order valence-electron chi connectivity index (χ2n) is 26.1. The molecular formula is C70H90F6N12O10. The number of unbranched alkanes of at least 4 members (excludes halogenated alkanes) is 2. The van der Waals surface area contributed by atoms with Gasteiger partial charge in [-0.25, -0.2) is 0 Å². The van der Waals surface area contributed by atoms with Gasteiger partial charge in [-0.15, -0.1) is 0 Å². The minimum atomic E-state index is -4.81. The average Bonchev–Trinajstić information content (AvgIpc) is 1.45. The van der Waals surface area contributed by atoms with E-state index in [1.54, 1.807) is 88.4 Å². The number of carbonyl (C=O) groups excluding carboxylic acids is 10. The summed E-state index contributed by atoms with van der Waals surface area (Å²) in [5.74, 6) is -9.66. The Morgan fingerprint density at radius 2 is 0.714 bits per heavy atom. The Morgan fingerprint density at radius 3 is 1.03 bits per heavy atom. The van der Waals surface area contributed by atoms with E-state index in [-0.39, 0.29) is 126 Å². The van der Waals surface area contributed by atoms with Gasteiger partial charge in [-0.3, -0.25) is 47.9 Å². The van der Waals surface area contributed by atoms with Gasteiger partial charge in [0.15, 0.2) is 0 Å². The van der Waals surface area contributed by atoms with E-state index >= 15 is 9.59 Å². The average molecular weight is 1370 g/mol. The van der Waals surface area contributed by atoms with Crippen LogP contribution < -0.4 is 54.0 Å². The standard InChI is InChI=1S/C70H90F6N12O10/c1-41(2)37-51-61(91)83-53(39-43-17-7-5-8-18-43)67(97)87-35-15-23-55(87)63(93)86-58(46-27-31-48(32-28-46)70(74,75)76)66(96)80-50(22-12-14-34-78)60(90)82-52(38-42(3)4)62(92)84-54(40-44-19-9-6-10-20-44)68(98)88-36-16-24-56(88)64(94)85-57(45-25-29-47(30-26-45)69(71,72)73)65(95)79-49(59(89)81-51)21-11-13-33-77/h5-10,17-20,25-32,41-42,49-58H,11-16,21-24,33-40,77-78H2,1-4H3,(H,79,95)(H,80,96)(H,81,89)(H,82,90)(H,83,91)(H,84,92)(H,85,94)(H,86,93)/t49-,50-,51-,52-,53+,54+,55-,56-,57-,58-/m0/s1. The van der Waals surface area contributed by atoms with Gasteiger partial charge in [0.05, 0.1) is 11.1 Å². The molecule has 28 heteroatoms. The Kier molecular flexibility index (Phi) is 27.7. The van der Waals surface area contributed by atoms with Crippen LogP contribution in [0.5, 0.6) is 0 Å². The van der Waals surface area contributed by atoms with E-state index in [9.17, 15) is 64.7 Å². The summed E-state index contributed by atoms with van der Waals surface area (Å²) in [4.78, 5) is 152.